The first-order valence-electron chi connectivity index (χ1n) is 10.4. The quantitative estimate of drug-likeness (QED) is 0.830. The van der Waals surface area contributed by atoms with Gasteiger partial charge >= 0.3 is 0 Å². The monoisotopic (exact) mass is 375 g/mol. The van der Waals surface area contributed by atoms with Crippen LogP contribution in [0.4, 0.5) is 0 Å². The van der Waals surface area contributed by atoms with Crippen LogP contribution >= 0.6 is 0 Å². The number of aryl methyl sites for hydroxylation is 2. The van der Waals surface area contributed by atoms with Crippen molar-refractivity contribution < 1.29 is 14.0 Å². The van der Waals surface area contributed by atoms with E-state index in [0.717, 1.165) is 38.2 Å². The van der Waals surface area contributed by atoms with Gasteiger partial charge in [-0.2, -0.15) is 0 Å². The van der Waals surface area contributed by atoms with Crippen molar-refractivity contribution in [1.82, 2.24) is 15.1 Å². The number of hydrogen-bond acceptors (Lipinski definition) is 4. The minimum absolute atomic E-state index is 0.00258. The van der Waals surface area contributed by atoms with Crippen LogP contribution in [0.2, 0.25) is 0 Å². The third kappa shape index (κ3) is 4.21. The zero-order valence-electron chi connectivity index (χ0n) is 17.1. The van der Waals surface area contributed by atoms with Gasteiger partial charge in [-0.25, -0.2) is 0 Å². The van der Waals surface area contributed by atoms with Gasteiger partial charge in [0.25, 0.3) is 5.91 Å². The molecule has 1 aromatic rings. The van der Waals surface area contributed by atoms with Gasteiger partial charge in [-0.3, -0.25) is 14.5 Å². The summed E-state index contributed by atoms with van der Waals surface area (Å²) in [5, 5.41) is 3.15. The van der Waals surface area contributed by atoms with E-state index in [0.29, 0.717) is 23.8 Å². The number of likely N-dealkylation sites (N-methyl/N-ethyl adjacent to an activating group) is 1. The largest absolute Gasteiger partial charge is 0.466 e. The standard InChI is InChI=1S/C21H33N3O3/c1-5-23(6-2)21(26)19-12-16(13-24(19)17-9-7-8-10-17)22-20(25)18-11-14(3)27-15(18)4/h11,16-17,19H,5-10,12-13H2,1-4H3,(H,22,25)/t16-,19+/m1/s1. The van der Waals surface area contributed by atoms with Crippen molar-refractivity contribution in [1.29, 1.82) is 0 Å². The Morgan fingerprint density at radius 2 is 1.89 bits per heavy atom. The first-order chi connectivity index (χ1) is 12.9. The second kappa shape index (κ2) is 8.46. The van der Waals surface area contributed by atoms with E-state index in [1.807, 2.05) is 32.6 Å². The van der Waals surface area contributed by atoms with Crippen LogP contribution in [-0.4, -0.2) is 59.4 Å². The SMILES string of the molecule is CCN(CC)C(=O)[C@@H]1C[C@@H](NC(=O)c2cc(C)oc2C)CN1C1CCCC1. The molecule has 6 nitrogen and oxygen atoms in total. The number of nitrogens with one attached hydrogen (secondary N) is 1. The Bertz CT molecular complexity index is 674. The van der Waals surface area contributed by atoms with E-state index in [1.54, 1.807) is 6.07 Å². The molecule has 3 rings (SSSR count). The molecule has 2 atom stereocenters. The smallest absolute Gasteiger partial charge is 0.255 e. The summed E-state index contributed by atoms with van der Waals surface area (Å²) >= 11 is 0. The number of likely N-dealkylation sites (tertiary alicyclic amines) is 1. The van der Waals surface area contributed by atoms with Gasteiger partial charge in [0.15, 0.2) is 0 Å². The molecule has 2 amide bonds. The second-order valence-corrected chi connectivity index (χ2v) is 7.89. The zero-order chi connectivity index (χ0) is 19.6. The number of rotatable bonds is 6. The minimum atomic E-state index is -0.120. The number of amides is 2. The normalized spacial score (nSPS) is 23.7. The maximum atomic E-state index is 13.1. The topological polar surface area (TPSA) is 65.8 Å². The molecule has 1 aliphatic heterocycles. The molecular weight excluding hydrogens is 342 g/mol. The Balaban J connectivity index is 1.73. The van der Waals surface area contributed by atoms with Crippen LogP contribution in [0.1, 0.15) is 67.8 Å². The fraction of sp³-hybridized carbons (Fsp3) is 0.714. The minimum Gasteiger partial charge on any atom is -0.466 e. The van der Waals surface area contributed by atoms with Gasteiger partial charge in [0.05, 0.1) is 11.6 Å². The summed E-state index contributed by atoms with van der Waals surface area (Å²) in [4.78, 5) is 30.1. The van der Waals surface area contributed by atoms with Crippen LogP contribution in [0.25, 0.3) is 0 Å². The predicted molar refractivity (Wildman–Crippen MR) is 105 cm³/mol. The fourth-order valence-electron chi connectivity index (χ4n) is 4.71. The molecule has 1 N–H and O–H groups in total. The molecule has 6 heteroatoms. The molecule has 1 aromatic heterocycles. The Morgan fingerprint density at radius 3 is 2.44 bits per heavy atom. The molecule has 2 aliphatic rings. The number of carbonyl (C=O) groups excluding carboxylic acids is 2. The third-order valence-electron chi connectivity index (χ3n) is 6.11. The molecule has 27 heavy (non-hydrogen) atoms. The Labute approximate surface area is 162 Å². The molecule has 2 fully saturated rings. The second-order valence-electron chi connectivity index (χ2n) is 7.89. The maximum Gasteiger partial charge on any atom is 0.255 e. The predicted octanol–water partition coefficient (Wildman–Crippen LogP) is 2.88. The highest BCUT2D eigenvalue weighted by Gasteiger charge is 2.42. The lowest BCUT2D eigenvalue weighted by Gasteiger charge is -2.32. The zero-order valence-corrected chi connectivity index (χ0v) is 17.1. The Hall–Kier alpha value is -1.82. The van der Waals surface area contributed by atoms with Crippen molar-refractivity contribution in [3.8, 4) is 0 Å². The molecule has 150 valence electrons. The molecule has 1 saturated heterocycles. The summed E-state index contributed by atoms with van der Waals surface area (Å²) in [5.74, 6) is 1.49. The average molecular weight is 376 g/mol. The molecule has 0 radical (unpaired) electrons. The lowest BCUT2D eigenvalue weighted by atomic mass is 10.1. The van der Waals surface area contributed by atoms with Crippen LogP contribution < -0.4 is 5.32 Å². The van der Waals surface area contributed by atoms with E-state index >= 15 is 0 Å². The molecule has 1 aliphatic carbocycles. The van der Waals surface area contributed by atoms with Gasteiger partial charge < -0.3 is 14.6 Å². The lowest BCUT2D eigenvalue weighted by molar-refractivity contribution is -0.136. The van der Waals surface area contributed by atoms with Crippen LogP contribution in [0.3, 0.4) is 0 Å². The van der Waals surface area contributed by atoms with Gasteiger partial charge in [0.1, 0.15) is 11.5 Å². The highest BCUT2D eigenvalue weighted by Crippen LogP contribution is 2.31. The molecule has 1 saturated carbocycles. The van der Waals surface area contributed by atoms with E-state index in [1.165, 1.54) is 12.8 Å². The Kier molecular flexibility index (Phi) is 6.25. The number of nitrogens with zero attached hydrogens (tertiary/aromatic N) is 2. The van der Waals surface area contributed by atoms with Gasteiger partial charge in [-0.1, -0.05) is 12.8 Å². The van der Waals surface area contributed by atoms with Crippen molar-refractivity contribution in [2.24, 2.45) is 0 Å². The van der Waals surface area contributed by atoms with Crippen LogP contribution in [0.5, 0.6) is 0 Å². The van der Waals surface area contributed by atoms with E-state index in [2.05, 4.69) is 10.2 Å². The maximum absolute atomic E-state index is 13.1. The molecule has 0 unspecified atom stereocenters. The van der Waals surface area contributed by atoms with Crippen LogP contribution in [0.15, 0.2) is 10.5 Å². The van der Waals surface area contributed by atoms with Gasteiger partial charge in [0.2, 0.25) is 5.91 Å². The van der Waals surface area contributed by atoms with Crippen LogP contribution in [0, 0.1) is 13.8 Å². The molecule has 2 heterocycles. The van der Waals surface area contributed by atoms with Crippen molar-refractivity contribution in [2.75, 3.05) is 19.6 Å². The molecule has 0 spiro atoms. The van der Waals surface area contributed by atoms with Gasteiger partial charge in [0, 0.05) is 31.7 Å². The van der Waals surface area contributed by atoms with Gasteiger partial charge in [-0.05, 0) is 53.0 Å². The summed E-state index contributed by atoms with van der Waals surface area (Å²) in [6, 6.07) is 2.13. The van der Waals surface area contributed by atoms with Crippen molar-refractivity contribution >= 4 is 11.8 Å². The lowest BCUT2D eigenvalue weighted by Crippen LogP contribution is -2.48. The summed E-state index contributed by atoms with van der Waals surface area (Å²) in [6.07, 6.45) is 5.47. The summed E-state index contributed by atoms with van der Waals surface area (Å²) < 4.78 is 5.49. The fourth-order valence-corrected chi connectivity index (χ4v) is 4.71. The number of hydrogen-bond donors (Lipinski definition) is 1. The number of furan rings is 1. The summed E-state index contributed by atoms with van der Waals surface area (Å²) in [5.41, 5.74) is 0.596. The first kappa shape index (κ1) is 19.9. The summed E-state index contributed by atoms with van der Waals surface area (Å²) in [6.45, 7) is 9.93. The molecule has 0 bridgehead atoms. The third-order valence-corrected chi connectivity index (χ3v) is 6.11. The highest BCUT2D eigenvalue weighted by atomic mass is 16.3. The molecular formula is C21H33N3O3. The van der Waals surface area contributed by atoms with E-state index in [-0.39, 0.29) is 23.9 Å². The van der Waals surface area contributed by atoms with Crippen molar-refractivity contribution in [3.05, 3.63) is 23.2 Å². The van der Waals surface area contributed by atoms with Gasteiger partial charge in [-0.15, -0.1) is 0 Å². The first-order valence-corrected chi connectivity index (χ1v) is 10.4. The van der Waals surface area contributed by atoms with Crippen molar-refractivity contribution in [3.63, 3.8) is 0 Å². The Morgan fingerprint density at radius 1 is 1.22 bits per heavy atom. The van der Waals surface area contributed by atoms with E-state index in [9.17, 15) is 9.59 Å². The molecule has 0 aromatic carbocycles. The van der Waals surface area contributed by atoms with E-state index in [4.69, 9.17) is 4.42 Å². The van der Waals surface area contributed by atoms with Crippen molar-refractivity contribution in [2.45, 2.75) is 77.9 Å². The number of carbonyl (C=O) groups is 2. The average Bonchev–Trinajstić information content (AvgIpc) is 3.35. The summed E-state index contributed by atoms with van der Waals surface area (Å²) in [7, 11) is 0. The highest BCUT2D eigenvalue weighted by molar-refractivity contribution is 5.95. The van der Waals surface area contributed by atoms with E-state index < -0.39 is 0 Å². The van der Waals surface area contributed by atoms with Crippen LogP contribution in [-0.2, 0) is 4.79 Å².